The molecule has 0 fully saturated rings. The van der Waals surface area contributed by atoms with Gasteiger partial charge >= 0.3 is 0 Å². The van der Waals surface area contributed by atoms with Gasteiger partial charge in [-0.1, -0.05) is 13.8 Å². The van der Waals surface area contributed by atoms with E-state index in [-0.39, 0.29) is 0 Å². The Labute approximate surface area is 92.1 Å². The minimum absolute atomic E-state index is 0.498. The molecule has 0 amide bonds. The largest absolute Gasteiger partial charge is 0.372 e. The van der Waals surface area contributed by atoms with Crippen LogP contribution < -0.4 is 4.90 Å². The summed E-state index contributed by atoms with van der Waals surface area (Å²) < 4.78 is 0. The van der Waals surface area contributed by atoms with Crippen LogP contribution in [0.1, 0.15) is 26.3 Å². The van der Waals surface area contributed by atoms with Crippen LogP contribution in [0.4, 0.5) is 5.69 Å². The first-order chi connectivity index (χ1) is 7.06. The average molecular weight is 202 g/mol. The minimum atomic E-state index is 0.498. The summed E-state index contributed by atoms with van der Waals surface area (Å²) in [5.74, 6) is 0.616. The lowest BCUT2D eigenvalue weighted by molar-refractivity contribution is 0.505. The lowest BCUT2D eigenvalue weighted by Gasteiger charge is -2.30. The molecule has 0 bridgehead atoms. The summed E-state index contributed by atoms with van der Waals surface area (Å²) in [6, 6.07) is 10.3. The van der Waals surface area contributed by atoms with Crippen molar-refractivity contribution in [1.29, 1.82) is 5.26 Å². The van der Waals surface area contributed by atoms with E-state index in [9.17, 15) is 0 Å². The highest BCUT2D eigenvalue weighted by Crippen LogP contribution is 2.19. The molecule has 1 atom stereocenters. The molecule has 15 heavy (non-hydrogen) atoms. The van der Waals surface area contributed by atoms with Gasteiger partial charge in [0.2, 0.25) is 0 Å². The SMILES string of the molecule is CC(C)C(C)N(C)c1ccc(C#N)cc1. The van der Waals surface area contributed by atoms with Gasteiger partial charge in [0.05, 0.1) is 11.6 Å². The van der Waals surface area contributed by atoms with Crippen molar-refractivity contribution in [3.8, 4) is 6.07 Å². The van der Waals surface area contributed by atoms with E-state index in [1.165, 1.54) is 0 Å². The fraction of sp³-hybridized carbons (Fsp3) is 0.462. The van der Waals surface area contributed by atoms with Gasteiger partial charge in [-0.3, -0.25) is 0 Å². The Bertz CT molecular complexity index is 346. The summed E-state index contributed by atoms with van der Waals surface area (Å²) in [6.07, 6.45) is 0. The predicted octanol–water partition coefficient (Wildman–Crippen LogP) is 3.04. The van der Waals surface area contributed by atoms with Crippen molar-refractivity contribution < 1.29 is 0 Å². The second-order valence-electron chi connectivity index (χ2n) is 4.25. The number of rotatable bonds is 3. The summed E-state index contributed by atoms with van der Waals surface area (Å²) >= 11 is 0. The Morgan fingerprint density at radius 2 is 1.67 bits per heavy atom. The fourth-order valence-corrected chi connectivity index (χ4v) is 1.45. The molecule has 0 aliphatic heterocycles. The molecule has 0 spiro atoms. The lowest BCUT2D eigenvalue weighted by Crippen LogP contribution is -2.33. The van der Waals surface area contributed by atoms with Crippen molar-refractivity contribution in [1.82, 2.24) is 0 Å². The molecule has 0 aliphatic carbocycles. The number of benzene rings is 1. The molecule has 2 heteroatoms. The van der Waals surface area contributed by atoms with E-state index in [1.807, 2.05) is 24.3 Å². The van der Waals surface area contributed by atoms with Gasteiger partial charge in [-0.15, -0.1) is 0 Å². The highest BCUT2D eigenvalue weighted by Gasteiger charge is 2.13. The van der Waals surface area contributed by atoms with Gasteiger partial charge < -0.3 is 4.90 Å². The molecular formula is C13H18N2. The third-order valence-corrected chi connectivity index (χ3v) is 2.98. The average Bonchev–Trinajstić information content (AvgIpc) is 2.27. The molecule has 0 saturated carbocycles. The number of nitrogens with zero attached hydrogens (tertiary/aromatic N) is 2. The van der Waals surface area contributed by atoms with Gasteiger partial charge in [-0.05, 0) is 37.1 Å². The second kappa shape index (κ2) is 4.84. The Morgan fingerprint density at radius 3 is 2.07 bits per heavy atom. The Morgan fingerprint density at radius 1 is 1.13 bits per heavy atom. The zero-order valence-corrected chi connectivity index (χ0v) is 9.86. The normalized spacial score (nSPS) is 12.3. The summed E-state index contributed by atoms with van der Waals surface area (Å²) in [5.41, 5.74) is 1.87. The molecule has 1 aromatic rings. The van der Waals surface area contributed by atoms with Crippen molar-refractivity contribution in [2.45, 2.75) is 26.8 Å². The Balaban J connectivity index is 2.83. The number of nitriles is 1. The molecule has 0 aliphatic rings. The van der Waals surface area contributed by atoms with E-state index in [0.29, 0.717) is 17.5 Å². The van der Waals surface area contributed by atoms with Crippen LogP contribution in [0.15, 0.2) is 24.3 Å². The minimum Gasteiger partial charge on any atom is -0.372 e. The maximum absolute atomic E-state index is 8.70. The zero-order valence-electron chi connectivity index (χ0n) is 9.86. The number of hydrogen-bond acceptors (Lipinski definition) is 2. The topological polar surface area (TPSA) is 27.0 Å². The summed E-state index contributed by atoms with van der Waals surface area (Å²) in [5, 5.41) is 8.70. The molecule has 0 N–H and O–H groups in total. The zero-order chi connectivity index (χ0) is 11.4. The van der Waals surface area contributed by atoms with Gasteiger partial charge in [0.15, 0.2) is 0 Å². The van der Waals surface area contributed by atoms with Crippen molar-refractivity contribution in [2.24, 2.45) is 5.92 Å². The maximum atomic E-state index is 8.70. The first kappa shape index (κ1) is 11.6. The second-order valence-corrected chi connectivity index (χ2v) is 4.25. The quantitative estimate of drug-likeness (QED) is 0.753. The molecule has 1 rings (SSSR count). The first-order valence-corrected chi connectivity index (χ1v) is 5.29. The number of anilines is 1. The van der Waals surface area contributed by atoms with E-state index in [2.05, 4.69) is 38.8 Å². The monoisotopic (exact) mass is 202 g/mol. The lowest BCUT2D eigenvalue weighted by atomic mass is 10.0. The molecule has 0 saturated heterocycles. The van der Waals surface area contributed by atoms with E-state index in [0.717, 1.165) is 5.69 Å². The van der Waals surface area contributed by atoms with E-state index in [4.69, 9.17) is 5.26 Å². The molecule has 2 nitrogen and oxygen atoms in total. The summed E-state index contributed by atoms with van der Waals surface area (Å²) in [4.78, 5) is 2.24. The fourth-order valence-electron chi connectivity index (χ4n) is 1.45. The van der Waals surface area contributed by atoms with Crippen LogP contribution in [-0.4, -0.2) is 13.1 Å². The van der Waals surface area contributed by atoms with Gasteiger partial charge in [0, 0.05) is 18.8 Å². The molecule has 0 aromatic heterocycles. The third kappa shape index (κ3) is 2.73. The van der Waals surface area contributed by atoms with Gasteiger partial charge in [-0.25, -0.2) is 0 Å². The summed E-state index contributed by atoms with van der Waals surface area (Å²) in [7, 11) is 2.09. The van der Waals surface area contributed by atoms with E-state index >= 15 is 0 Å². The highest BCUT2D eigenvalue weighted by atomic mass is 15.1. The third-order valence-electron chi connectivity index (χ3n) is 2.98. The van der Waals surface area contributed by atoms with Crippen molar-refractivity contribution in [3.63, 3.8) is 0 Å². The molecule has 1 unspecified atom stereocenters. The van der Waals surface area contributed by atoms with Gasteiger partial charge in [-0.2, -0.15) is 5.26 Å². The van der Waals surface area contributed by atoms with Crippen LogP contribution in [0.3, 0.4) is 0 Å². The standard InChI is InChI=1S/C13H18N2/c1-10(2)11(3)15(4)13-7-5-12(9-14)6-8-13/h5-8,10-11H,1-4H3. The van der Waals surface area contributed by atoms with E-state index in [1.54, 1.807) is 0 Å². The van der Waals surface area contributed by atoms with Crippen LogP contribution in [0.5, 0.6) is 0 Å². The van der Waals surface area contributed by atoms with Gasteiger partial charge in [0.25, 0.3) is 0 Å². The maximum Gasteiger partial charge on any atom is 0.0991 e. The molecule has 0 heterocycles. The Hall–Kier alpha value is -1.49. The van der Waals surface area contributed by atoms with Crippen molar-refractivity contribution in [2.75, 3.05) is 11.9 Å². The molecule has 80 valence electrons. The highest BCUT2D eigenvalue weighted by molar-refractivity contribution is 5.49. The van der Waals surface area contributed by atoms with Crippen LogP contribution >= 0.6 is 0 Å². The molecular weight excluding hydrogens is 184 g/mol. The number of hydrogen-bond donors (Lipinski definition) is 0. The van der Waals surface area contributed by atoms with Crippen LogP contribution in [0.25, 0.3) is 0 Å². The van der Waals surface area contributed by atoms with Gasteiger partial charge in [0.1, 0.15) is 0 Å². The first-order valence-electron chi connectivity index (χ1n) is 5.29. The molecule has 0 radical (unpaired) electrons. The molecule has 1 aromatic carbocycles. The van der Waals surface area contributed by atoms with Crippen molar-refractivity contribution in [3.05, 3.63) is 29.8 Å². The summed E-state index contributed by atoms with van der Waals surface area (Å²) in [6.45, 7) is 6.64. The van der Waals surface area contributed by atoms with Crippen LogP contribution in [-0.2, 0) is 0 Å². The Kier molecular flexibility index (Phi) is 3.74. The predicted molar refractivity (Wildman–Crippen MR) is 63.9 cm³/mol. The van der Waals surface area contributed by atoms with Crippen LogP contribution in [0, 0.1) is 17.2 Å². The van der Waals surface area contributed by atoms with Crippen LogP contribution in [0.2, 0.25) is 0 Å². The smallest absolute Gasteiger partial charge is 0.0991 e. The van der Waals surface area contributed by atoms with E-state index < -0.39 is 0 Å². The van der Waals surface area contributed by atoms with Crippen molar-refractivity contribution >= 4 is 5.69 Å².